The molecule has 0 radical (unpaired) electrons. The van der Waals surface area contributed by atoms with Gasteiger partial charge in [-0.2, -0.15) is 13.2 Å². The maximum Gasteiger partial charge on any atom is 0.435 e. The molecule has 4 nitrogen and oxygen atoms in total. The zero-order valence-corrected chi connectivity index (χ0v) is 8.35. The number of hydrogen-bond acceptors (Lipinski definition) is 3. The van der Waals surface area contributed by atoms with Gasteiger partial charge in [-0.05, 0) is 6.92 Å². The molecule has 8 heteroatoms. The molecule has 0 bridgehead atoms. The van der Waals surface area contributed by atoms with Crippen LogP contribution in [0.3, 0.4) is 0 Å². The molecule has 0 unspecified atom stereocenters. The third kappa shape index (κ3) is 2.06. The highest BCUT2D eigenvalue weighted by Crippen LogP contribution is 2.31. The van der Waals surface area contributed by atoms with Crippen molar-refractivity contribution in [3.05, 3.63) is 21.1 Å². The lowest BCUT2D eigenvalue weighted by Gasteiger charge is -2.11. The van der Waals surface area contributed by atoms with E-state index in [1.54, 1.807) is 6.92 Å². The van der Waals surface area contributed by atoms with Gasteiger partial charge in [-0.3, -0.25) is 9.36 Å². The van der Waals surface area contributed by atoms with Crippen molar-refractivity contribution in [1.82, 2.24) is 9.55 Å². The molecule has 1 aromatic heterocycles. The summed E-state index contributed by atoms with van der Waals surface area (Å²) in [5.74, 6) is -0.501. The first-order chi connectivity index (χ1) is 6.79. The van der Waals surface area contributed by atoms with Crippen LogP contribution in [0.25, 0.3) is 0 Å². The molecule has 0 aliphatic heterocycles. The average molecular weight is 242 g/mol. The fourth-order valence-corrected chi connectivity index (χ4v) is 1.29. The molecule has 0 aliphatic carbocycles. The summed E-state index contributed by atoms with van der Waals surface area (Å²) in [4.78, 5) is 14.4. The third-order valence-electron chi connectivity index (χ3n) is 1.73. The molecular weight excluding hydrogens is 235 g/mol. The summed E-state index contributed by atoms with van der Waals surface area (Å²) in [5.41, 5.74) is 2.76. The highest BCUT2D eigenvalue weighted by atomic mass is 35.5. The smallest absolute Gasteiger partial charge is 0.369 e. The van der Waals surface area contributed by atoms with Gasteiger partial charge in [0.1, 0.15) is 5.02 Å². The Kier molecular flexibility index (Phi) is 2.94. The van der Waals surface area contributed by atoms with E-state index in [-0.39, 0.29) is 6.54 Å². The molecule has 0 spiro atoms. The van der Waals surface area contributed by atoms with Crippen molar-refractivity contribution >= 4 is 17.5 Å². The number of halogens is 4. The molecule has 0 aromatic carbocycles. The van der Waals surface area contributed by atoms with Gasteiger partial charge in [0, 0.05) is 6.54 Å². The van der Waals surface area contributed by atoms with Crippen LogP contribution in [0.15, 0.2) is 4.79 Å². The maximum atomic E-state index is 12.3. The monoisotopic (exact) mass is 241 g/mol. The normalized spacial score (nSPS) is 11.8. The van der Waals surface area contributed by atoms with Gasteiger partial charge in [0.25, 0.3) is 5.56 Å². The quantitative estimate of drug-likeness (QED) is 0.811. The molecule has 1 aromatic rings. The van der Waals surface area contributed by atoms with Gasteiger partial charge >= 0.3 is 6.18 Å². The zero-order valence-electron chi connectivity index (χ0n) is 7.60. The number of nitrogen functional groups attached to an aromatic ring is 1. The Labute approximate surface area is 87.5 Å². The largest absolute Gasteiger partial charge is 0.435 e. The van der Waals surface area contributed by atoms with E-state index in [0.717, 1.165) is 4.57 Å². The van der Waals surface area contributed by atoms with Crippen molar-refractivity contribution in [3.63, 3.8) is 0 Å². The molecule has 0 saturated heterocycles. The first kappa shape index (κ1) is 11.8. The van der Waals surface area contributed by atoms with Crippen molar-refractivity contribution in [3.8, 4) is 0 Å². The van der Waals surface area contributed by atoms with Crippen molar-refractivity contribution in [2.24, 2.45) is 0 Å². The first-order valence-corrected chi connectivity index (χ1v) is 4.29. The Morgan fingerprint density at radius 2 is 2.07 bits per heavy atom. The first-order valence-electron chi connectivity index (χ1n) is 3.92. The fourth-order valence-electron chi connectivity index (χ4n) is 1.04. The summed E-state index contributed by atoms with van der Waals surface area (Å²) >= 11 is 5.26. The second-order valence-electron chi connectivity index (χ2n) is 2.68. The molecule has 0 amide bonds. The Hall–Kier alpha value is -1.24. The Bertz CT molecular complexity index is 440. The van der Waals surface area contributed by atoms with E-state index in [2.05, 4.69) is 4.98 Å². The van der Waals surface area contributed by atoms with Crippen molar-refractivity contribution < 1.29 is 13.2 Å². The van der Waals surface area contributed by atoms with Crippen LogP contribution in [0.1, 0.15) is 12.6 Å². The van der Waals surface area contributed by atoms with Crippen LogP contribution in [-0.2, 0) is 12.7 Å². The van der Waals surface area contributed by atoms with E-state index < -0.39 is 28.4 Å². The fraction of sp³-hybridized carbons (Fsp3) is 0.429. The van der Waals surface area contributed by atoms with Crippen LogP contribution in [0.5, 0.6) is 0 Å². The lowest BCUT2D eigenvalue weighted by molar-refractivity contribution is -0.141. The average Bonchev–Trinajstić information content (AvgIpc) is 2.10. The van der Waals surface area contributed by atoms with E-state index in [9.17, 15) is 18.0 Å². The van der Waals surface area contributed by atoms with Gasteiger partial charge in [0.2, 0.25) is 5.95 Å². The second-order valence-corrected chi connectivity index (χ2v) is 3.06. The molecule has 0 atom stereocenters. The molecule has 1 heterocycles. The van der Waals surface area contributed by atoms with Gasteiger partial charge in [-0.15, -0.1) is 0 Å². The lowest BCUT2D eigenvalue weighted by Crippen LogP contribution is -2.28. The summed E-state index contributed by atoms with van der Waals surface area (Å²) in [6, 6.07) is 0. The number of aromatic nitrogens is 2. The Morgan fingerprint density at radius 3 is 2.47 bits per heavy atom. The van der Waals surface area contributed by atoms with E-state index in [4.69, 9.17) is 17.3 Å². The third-order valence-corrected chi connectivity index (χ3v) is 2.07. The Balaban J connectivity index is 3.56. The van der Waals surface area contributed by atoms with Crippen molar-refractivity contribution in [1.29, 1.82) is 0 Å². The number of nitrogens with zero attached hydrogens (tertiary/aromatic N) is 2. The van der Waals surface area contributed by atoms with E-state index in [0.29, 0.717) is 0 Å². The molecule has 0 saturated carbocycles. The highest BCUT2D eigenvalue weighted by molar-refractivity contribution is 6.31. The second kappa shape index (κ2) is 3.73. The summed E-state index contributed by atoms with van der Waals surface area (Å²) in [6.07, 6.45) is -4.78. The van der Waals surface area contributed by atoms with E-state index in [1.165, 1.54) is 0 Å². The summed E-state index contributed by atoms with van der Waals surface area (Å²) in [6.45, 7) is 1.65. The molecule has 2 N–H and O–H groups in total. The minimum absolute atomic E-state index is 0.107. The van der Waals surface area contributed by atoms with Gasteiger partial charge in [0.15, 0.2) is 5.69 Å². The van der Waals surface area contributed by atoms with Crippen molar-refractivity contribution in [2.45, 2.75) is 19.6 Å². The number of alkyl halides is 3. The Morgan fingerprint density at radius 1 is 1.53 bits per heavy atom. The minimum Gasteiger partial charge on any atom is -0.369 e. The minimum atomic E-state index is -4.78. The van der Waals surface area contributed by atoms with Gasteiger partial charge < -0.3 is 5.73 Å². The van der Waals surface area contributed by atoms with Crippen LogP contribution in [0.2, 0.25) is 5.02 Å². The molecule has 15 heavy (non-hydrogen) atoms. The lowest BCUT2D eigenvalue weighted by atomic mass is 10.4. The zero-order chi connectivity index (χ0) is 11.8. The predicted octanol–water partition coefficient (Wildman–Crippen LogP) is 1.52. The number of rotatable bonds is 1. The van der Waals surface area contributed by atoms with Gasteiger partial charge in [0.05, 0.1) is 0 Å². The van der Waals surface area contributed by atoms with Gasteiger partial charge in [-0.1, -0.05) is 11.6 Å². The van der Waals surface area contributed by atoms with Crippen LogP contribution in [0.4, 0.5) is 19.1 Å². The van der Waals surface area contributed by atoms with E-state index in [1.807, 2.05) is 0 Å². The van der Waals surface area contributed by atoms with Gasteiger partial charge in [-0.25, -0.2) is 4.98 Å². The molecule has 0 fully saturated rings. The number of hydrogen-bond donors (Lipinski definition) is 1. The predicted molar refractivity (Wildman–Crippen MR) is 48.6 cm³/mol. The summed E-state index contributed by atoms with van der Waals surface area (Å²) in [7, 11) is 0. The number of nitrogens with two attached hydrogens (primary N) is 1. The highest BCUT2D eigenvalue weighted by Gasteiger charge is 2.37. The van der Waals surface area contributed by atoms with Crippen LogP contribution in [0, 0.1) is 0 Å². The standard InChI is InChI=1S/C7H7ClF3N3O/c1-2-14-5(15)3(8)4(7(9,10)11)13-6(14)12/h2H2,1H3,(H2,12,13). The summed E-state index contributed by atoms with van der Waals surface area (Å²) < 4.78 is 37.7. The number of anilines is 1. The molecule has 84 valence electrons. The topological polar surface area (TPSA) is 60.9 Å². The van der Waals surface area contributed by atoms with Crippen molar-refractivity contribution in [2.75, 3.05) is 5.73 Å². The SMILES string of the molecule is CCn1c(N)nc(C(F)(F)F)c(Cl)c1=O. The summed E-state index contributed by atoms with van der Waals surface area (Å²) in [5, 5.41) is -0.960. The van der Waals surface area contributed by atoms with E-state index >= 15 is 0 Å². The molecule has 1 rings (SSSR count). The maximum absolute atomic E-state index is 12.3. The van der Waals surface area contributed by atoms with Crippen LogP contribution >= 0.6 is 11.6 Å². The van der Waals surface area contributed by atoms with Crippen LogP contribution < -0.4 is 11.3 Å². The molecule has 0 aliphatic rings. The molecular formula is C7H7ClF3N3O. The van der Waals surface area contributed by atoms with Crippen LogP contribution in [-0.4, -0.2) is 9.55 Å².